The van der Waals surface area contributed by atoms with Crippen molar-refractivity contribution in [1.29, 1.82) is 0 Å². The molecule has 1 aromatic heterocycles. The van der Waals surface area contributed by atoms with Crippen LogP contribution in [-0.2, 0) is 12.8 Å². The van der Waals surface area contributed by atoms with Crippen LogP contribution in [0.15, 0.2) is 6.07 Å². The van der Waals surface area contributed by atoms with Gasteiger partial charge in [-0.1, -0.05) is 13.3 Å². The predicted molar refractivity (Wildman–Crippen MR) is 74.1 cm³/mol. The van der Waals surface area contributed by atoms with Crippen LogP contribution in [0, 0.1) is 5.92 Å². The molecular weight excluding hydrogens is 246 g/mol. The Hall–Kier alpha value is -0.870. The number of aryl methyl sites for hydroxylation is 1. The van der Waals surface area contributed by atoms with Crippen molar-refractivity contribution in [2.45, 2.75) is 45.6 Å². The molecule has 1 aromatic rings. The van der Waals surface area contributed by atoms with Gasteiger partial charge in [0.1, 0.15) is 0 Å². The third-order valence-corrected chi connectivity index (χ3v) is 4.78. The minimum absolute atomic E-state index is 0.0525. The van der Waals surface area contributed by atoms with Crippen LogP contribution in [0.5, 0.6) is 0 Å². The predicted octanol–water partition coefficient (Wildman–Crippen LogP) is 2.37. The summed E-state index contributed by atoms with van der Waals surface area (Å²) in [4.78, 5) is 14.1. The largest absolute Gasteiger partial charge is 0.392 e. The number of carbonyl (C=O) groups excluding carboxylic acids is 1. The monoisotopic (exact) mass is 267 g/mol. The lowest BCUT2D eigenvalue weighted by atomic mass is 9.87. The minimum atomic E-state index is -0.493. The maximum Gasteiger partial charge on any atom is 0.261 e. The van der Waals surface area contributed by atoms with Crippen molar-refractivity contribution in [3.05, 3.63) is 21.4 Å². The van der Waals surface area contributed by atoms with Crippen molar-refractivity contribution < 1.29 is 9.90 Å². The van der Waals surface area contributed by atoms with Crippen molar-refractivity contribution in [3.63, 3.8) is 0 Å². The zero-order valence-corrected chi connectivity index (χ0v) is 11.8. The Bertz CT molecular complexity index is 425. The van der Waals surface area contributed by atoms with E-state index in [9.17, 15) is 4.79 Å². The smallest absolute Gasteiger partial charge is 0.261 e. The summed E-state index contributed by atoms with van der Waals surface area (Å²) in [5.74, 6) is 0.726. The van der Waals surface area contributed by atoms with E-state index in [-0.39, 0.29) is 5.91 Å². The Labute approximate surface area is 112 Å². The lowest BCUT2D eigenvalue weighted by molar-refractivity contribution is 0.0928. The SMILES string of the molecule is CCC1CCc2sc(C(=O)NCC(C)O)cc2C1. The molecule has 0 aromatic carbocycles. The Balaban J connectivity index is 2.03. The van der Waals surface area contributed by atoms with E-state index in [0.29, 0.717) is 6.54 Å². The fraction of sp³-hybridized carbons (Fsp3) is 0.643. The first-order valence-corrected chi connectivity index (χ1v) is 7.49. The molecule has 0 fully saturated rings. The zero-order valence-electron chi connectivity index (χ0n) is 11.0. The molecule has 1 heterocycles. The summed E-state index contributed by atoms with van der Waals surface area (Å²) in [5.41, 5.74) is 1.36. The quantitative estimate of drug-likeness (QED) is 0.880. The van der Waals surface area contributed by atoms with Crippen molar-refractivity contribution in [2.75, 3.05) is 6.54 Å². The number of aliphatic hydroxyl groups excluding tert-OH is 1. The minimum Gasteiger partial charge on any atom is -0.392 e. The summed E-state index contributed by atoms with van der Waals surface area (Å²) < 4.78 is 0. The second-order valence-corrected chi connectivity index (χ2v) is 6.27. The molecule has 0 saturated carbocycles. The first-order valence-electron chi connectivity index (χ1n) is 6.68. The number of fused-ring (bicyclic) bond motifs is 1. The van der Waals surface area contributed by atoms with Crippen LogP contribution in [-0.4, -0.2) is 23.7 Å². The van der Waals surface area contributed by atoms with Crippen LogP contribution in [0.2, 0.25) is 0 Å². The summed E-state index contributed by atoms with van der Waals surface area (Å²) in [6.45, 7) is 4.23. The van der Waals surface area contributed by atoms with Crippen LogP contribution in [0.3, 0.4) is 0 Å². The molecule has 100 valence electrons. The fourth-order valence-electron chi connectivity index (χ4n) is 2.39. The number of hydrogen-bond acceptors (Lipinski definition) is 3. The number of carbonyl (C=O) groups is 1. The molecule has 0 bridgehead atoms. The van der Waals surface area contributed by atoms with Crippen molar-refractivity contribution in [1.82, 2.24) is 5.32 Å². The summed E-state index contributed by atoms with van der Waals surface area (Å²) in [5, 5.41) is 11.9. The number of aliphatic hydroxyl groups is 1. The van der Waals surface area contributed by atoms with E-state index in [4.69, 9.17) is 5.11 Å². The van der Waals surface area contributed by atoms with Crippen molar-refractivity contribution in [3.8, 4) is 0 Å². The highest BCUT2D eigenvalue weighted by Gasteiger charge is 2.21. The second-order valence-electron chi connectivity index (χ2n) is 5.14. The third-order valence-electron chi connectivity index (χ3n) is 3.54. The molecule has 0 saturated heterocycles. The summed E-state index contributed by atoms with van der Waals surface area (Å²) in [7, 11) is 0. The number of nitrogens with one attached hydrogen (secondary N) is 1. The summed E-state index contributed by atoms with van der Waals surface area (Å²) in [6.07, 6.45) is 4.21. The van der Waals surface area contributed by atoms with E-state index in [1.807, 2.05) is 6.07 Å². The first kappa shape index (κ1) is 13.6. The van der Waals surface area contributed by atoms with Gasteiger partial charge in [-0.05, 0) is 43.7 Å². The topological polar surface area (TPSA) is 49.3 Å². The zero-order chi connectivity index (χ0) is 13.1. The van der Waals surface area contributed by atoms with E-state index >= 15 is 0 Å². The highest BCUT2D eigenvalue weighted by Crippen LogP contribution is 2.33. The molecule has 3 nitrogen and oxygen atoms in total. The highest BCUT2D eigenvalue weighted by molar-refractivity contribution is 7.14. The van der Waals surface area contributed by atoms with E-state index in [2.05, 4.69) is 12.2 Å². The normalized spacial score (nSPS) is 20.3. The Morgan fingerprint density at radius 3 is 3.11 bits per heavy atom. The van der Waals surface area contributed by atoms with Crippen LogP contribution >= 0.6 is 11.3 Å². The van der Waals surface area contributed by atoms with Gasteiger partial charge in [-0.15, -0.1) is 11.3 Å². The molecule has 0 aliphatic heterocycles. The molecule has 4 heteroatoms. The average Bonchev–Trinajstić information content (AvgIpc) is 2.78. The molecule has 2 unspecified atom stereocenters. The molecular formula is C14H21NO2S. The van der Waals surface area contributed by atoms with Crippen molar-refractivity contribution >= 4 is 17.2 Å². The molecule has 2 rings (SSSR count). The molecule has 1 amide bonds. The van der Waals surface area contributed by atoms with Gasteiger partial charge in [-0.25, -0.2) is 0 Å². The van der Waals surface area contributed by atoms with E-state index in [1.54, 1.807) is 18.3 Å². The maximum atomic E-state index is 11.9. The van der Waals surface area contributed by atoms with Gasteiger partial charge in [0.05, 0.1) is 11.0 Å². The summed E-state index contributed by atoms with van der Waals surface area (Å²) >= 11 is 1.61. The van der Waals surface area contributed by atoms with Crippen LogP contribution in [0.4, 0.5) is 0 Å². The molecule has 1 aliphatic rings. The Morgan fingerprint density at radius 2 is 2.44 bits per heavy atom. The average molecular weight is 267 g/mol. The Kier molecular flexibility index (Phi) is 4.40. The Morgan fingerprint density at radius 1 is 1.67 bits per heavy atom. The molecule has 2 N–H and O–H groups in total. The number of rotatable bonds is 4. The lowest BCUT2D eigenvalue weighted by Crippen LogP contribution is -2.29. The van der Waals surface area contributed by atoms with Crippen LogP contribution in [0.1, 0.15) is 46.8 Å². The van der Waals surface area contributed by atoms with Crippen molar-refractivity contribution in [2.24, 2.45) is 5.92 Å². The van der Waals surface area contributed by atoms with Gasteiger partial charge in [0.25, 0.3) is 5.91 Å². The third kappa shape index (κ3) is 3.12. The van der Waals surface area contributed by atoms with E-state index in [0.717, 1.165) is 23.6 Å². The van der Waals surface area contributed by atoms with Gasteiger partial charge >= 0.3 is 0 Å². The first-order chi connectivity index (χ1) is 8.60. The van der Waals surface area contributed by atoms with Gasteiger partial charge in [0.15, 0.2) is 0 Å². The molecule has 0 spiro atoms. The van der Waals surface area contributed by atoms with Gasteiger partial charge in [-0.3, -0.25) is 4.79 Å². The van der Waals surface area contributed by atoms with Gasteiger partial charge < -0.3 is 10.4 Å². The van der Waals surface area contributed by atoms with Crippen LogP contribution < -0.4 is 5.32 Å². The molecule has 1 aliphatic carbocycles. The standard InChI is InChI=1S/C14H21NO2S/c1-3-10-4-5-12-11(6-10)7-13(18-12)14(17)15-8-9(2)16/h7,9-10,16H,3-6,8H2,1-2H3,(H,15,17). The lowest BCUT2D eigenvalue weighted by Gasteiger charge is -2.19. The van der Waals surface area contributed by atoms with E-state index < -0.39 is 6.10 Å². The maximum absolute atomic E-state index is 11.9. The molecule has 18 heavy (non-hydrogen) atoms. The van der Waals surface area contributed by atoms with Gasteiger partial charge in [0.2, 0.25) is 0 Å². The van der Waals surface area contributed by atoms with E-state index in [1.165, 1.54) is 23.3 Å². The van der Waals surface area contributed by atoms with Gasteiger partial charge in [0, 0.05) is 11.4 Å². The van der Waals surface area contributed by atoms with Gasteiger partial charge in [-0.2, -0.15) is 0 Å². The van der Waals surface area contributed by atoms with Crippen LogP contribution in [0.25, 0.3) is 0 Å². The molecule has 0 radical (unpaired) electrons. The number of thiophene rings is 1. The highest BCUT2D eigenvalue weighted by atomic mass is 32.1. The summed E-state index contributed by atoms with van der Waals surface area (Å²) in [6, 6.07) is 2.04. The second kappa shape index (κ2) is 5.85. The number of amides is 1. The molecule has 2 atom stereocenters. The fourth-order valence-corrected chi connectivity index (χ4v) is 3.51. The number of hydrogen-bond donors (Lipinski definition) is 2.